The van der Waals surface area contributed by atoms with Crippen LogP contribution in [0.5, 0.6) is 5.75 Å². The molecule has 4 N–H and O–H groups in total. The number of hydrogen-bond donors (Lipinski definition) is 3. The fourth-order valence-electron chi connectivity index (χ4n) is 4.94. The van der Waals surface area contributed by atoms with Gasteiger partial charge >= 0.3 is 5.97 Å². The molecule has 1 aliphatic heterocycles. The van der Waals surface area contributed by atoms with Crippen LogP contribution in [0, 0.1) is 11.6 Å². The first-order chi connectivity index (χ1) is 16.8. The Kier molecular flexibility index (Phi) is 4.53. The number of ether oxygens (including phenoxy) is 1. The van der Waals surface area contributed by atoms with Gasteiger partial charge in [-0.25, -0.2) is 13.6 Å². The Morgan fingerprint density at radius 2 is 2.09 bits per heavy atom. The number of fused-ring (bicyclic) bond motifs is 4. The number of allylic oxidation sites excluding steroid dienone is 4. The summed E-state index contributed by atoms with van der Waals surface area (Å²) in [6.07, 6.45) is 5.31. The summed E-state index contributed by atoms with van der Waals surface area (Å²) in [5.41, 5.74) is 6.99. The molecular formula is C25H18F2N4O4. The maximum atomic E-state index is 15.1. The highest BCUT2D eigenvalue weighted by molar-refractivity contribution is 6.28. The fraction of sp³-hybridized carbons (Fsp3) is 0.160. The molecular weight excluding hydrogens is 458 g/mol. The number of aromatic carboxylic acids is 1. The van der Waals surface area contributed by atoms with Gasteiger partial charge in [0.1, 0.15) is 23.1 Å². The summed E-state index contributed by atoms with van der Waals surface area (Å²) >= 11 is 0. The van der Waals surface area contributed by atoms with E-state index < -0.39 is 17.6 Å². The molecule has 0 spiro atoms. The predicted molar refractivity (Wildman–Crippen MR) is 124 cm³/mol. The number of carbonyl (C=O) groups excluding carboxylic acids is 1. The van der Waals surface area contributed by atoms with Crippen molar-refractivity contribution in [2.45, 2.75) is 19.4 Å². The van der Waals surface area contributed by atoms with Crippen LogP contribution in [0.2, 0.25) is 0 Å². The number of halogens is 2. The van der Waals surface area contributed by atoms with Crippen molar-refractivity contribution < 1.29 is 28.2 Å². The normalized spacial score (nSPS) is 15.0. The van der Waals surface area contributed by atoms with Crippen molar-refractivity contribution in [1.82, 2.24) is 14.8 Å². The Morgan fingerprint density at radius 1 is 1.26 bits per heavy atom. The molecule has 0 unspecified atom stereocenters. The van der Waals surface area contributed by atoms with Crippen molar-refractivity contribution in [3.05, 3.63) is 70.4 Å². The third kappa shape index (κ3) is 3.06. The second-order valence-electron chi connectivity index (χ2n) is 8.51. The lowest BCUT2D eigenvalue weighted by molar-refractivity contribution is -0.113. The number of carbonyl (C=O) groups is 2. The van der Waals surface area contributed by atoms with Crippen molar-refractivity contribution in [3.63, 3.8) is 0 Å². The number of rotatable bonds is 4. The number of nitrogens with zero attached hydrogens (tertiary/aromatic N) is 2. The van der Waals surface area contributed by atoms with Gasteiger partial charge in [0.25, 0.3) is 0 Å². The number of carboxylic acid groups (broad SMARTS) is 1. The first-order valence-electron chi connectivity index (χ1n) is 10.9. The number of aromatic nitrogens is 3. The molecule has 0 saturated heterocycles. The third-order valence-corrected chi connectivity index (χ3v) is 6.52. The van der Waals surface area contributed by atoms with E-state index in [9.17, 15) is 14.7 Å². The second-order valence-corrected chi connectivity index (χ2v) is 8.51. The highest BCUT2D eigenvalue weighted by Crippen LogP contribution is 2.44. The van der Waals surface area contributed by atoms with Crippen molar-refractivity contribution >= 4 is 44.9 Å². The number of hydrogen-bond acceptors (Lipinski definition) is 5. The van der Waals surface area contributed by atoms with E-state index in [0.29, 0.717) is 28.3 Å². The van der Waals surface area contributed by atoms with Crippen LogP contribution in [0.15, 0.2) is 36.4 Å². The molecule has 8 nitrogen and oxygen atoms in total. The van der Waals surface area contributed by atoms with Crippen molar-refractivity contribution in [3.8, 4) is 5.75 Å². The van der Waals surface area contributed by atoms with Crippen LogP contribution in [0.1, 0.15) is 33.6 Å². The lowest BCUT2D eigenvalue weighted by Gasteiger charge is -2.12. The quantitative estimate of drug-likeness (QED) is 0.410. The van der Waals surface area contributed by atoms with Crippen LogP contribution in [0.3, 0.4) is 0 Å². The lowest BCUT2D eigenvalue weighted by Crippen LogP contribution is -2.14. The van der Waals surface area contributed by atoms with Gasteiger partial charge in [-0.3, -0.25) is 9.89 Å². The molecule has 6 rings (SSSR count). The Bertz CT molecular complexity index is 1660. The van der Waals surface area contributed by atoms with E-state index in [1.807, 2.05) is 0 Å². The van der Waals surface area contributed by atoms with Gasteiger partial charge < -0.3 is 20.1 Å². The summed E-state index contributed by atoms with van der Waals surface area (Å²) in [5.74, 6) is -2.39. The third-order valence-electron chi connectivity index (χ3n) is 6.52. The molecule has 0 fully saturated rings. The average Bonchev–Trinajstić information content (AvgIpc) is 3.52. The Balaban J connectivity index is 1.69. The Labute approximate surface area is 196 Å². The number of H-pyrrole nitrogens is 1. The summed E-state index contributed by atoms with van der Waals surface area (Å²) < 4.78 is 37.2. The van der Waals surface area contributed by atoms with E-state index in [1.54, 1.807) is 18.2 Å². The number of carboxylic acids is 1. The molecule has 0 radical (unpaired) electrons. The maximum Gasteiger partial charge on any atom is 0.353 e. The molecule has 2 aliphatic rings. The molecule has 2 aromatic carbocycles. The first-order valence-corrected chi connectivity index (χ1v) is 10.9. The fourth-order valence-corrected chi connectivity index (χ4v) is 4.94. The van der Waals surface area contributed by atoms with Gasteiger partial charge in [-0.2, -0.15) is 5.10 Å². The minimum absolute atomic E-state index is 0.104. The smallest absolute Gasteiger partial charge is 0.353 e. The predicted octanol–water partition coefficient (Wildman–Crippen LogP) is 3.97. The molecule has 1 aliphatic carbocycles. The van der Waals surface area contributed by atoms with Crippen LogP contribution in [-0.2, 0) is 17.8 Å². The SMILES string of the molecule is Nc1n[nH]c2cc(F)c(Cn3c(C(=O)O)c(C4=CC=CCC4=O)c4c5c(c(F)cc43)CCO5)cc12. The van der Waals surface area contributed by atoms with E-state index in [1.165, 1.54) is 22.8 Å². The number of ketones is 1. The molecule has 3 heterocycles. The summed E-state index contributed by atoms with van der Waals surface area (Å²) in [6.45, 7) is -0.0174. The number of benzene rings is 2. The van der Waals surface area contributed by atoms with Crippen LogP contribution in [0.25, 0.3) is 27.4 Å². The first kappa shape index (κ1) is 21.1. The highest BCUT2D eigenvalue weighted by atomic mass is 19.1. The summed E-state index contributed by atoms with van der Waals surface area (Å²) in [4.78, 5) is 25.4. The molecule has 0 atom stereocenters. The van der Waals surface area contributed by atoms with Gasteiger partial charge in [0, 0.05) is 40.5 Å². The zero-order chi connectivity index (χ0) is 24.4. The van der Waals surface area contributed by atoms with Gasteiger partial charge in [0.05, 0.1) is 29.6 Å². The number of anilines is 1. The summed E-state index contributed by atoms with van der Waals surface area (Å²) in [7, 11) is 0. The van der Waals surface area contributed by atoms with Gasteiger partial charge in [-0.15, -0.1) is 0 Å². The van der Waals surface area contributed by atoms with Gasteiger partial charge in [0.15, 0.2) is 11.6 Å². The second kappa shape index (κ2) is 7.52. The summed E-state index contributed by atoms with van der Waals surface area (Å²) in [5, 5.41) is 17.6. The molecule has 0 saturated carbocycles. The van der Waals surface area contributed by atoms with Gasteiger partial charge in [0.2, 0.25) is 0 Å². The molecule has 35 heavy (non-hydrogen) atoms. The average molecular weight is 476 g/mol. The van der Waals surface area contributed by atoms with Crippen LogP contribution >= 0.6 is 0 Å². The number of nitrogens with two attached hydrogens (primary N) is 1. The van der Waals surface area contributed by atoms with E-state index in [2.05, 4.69) is 10.2 Å². The molecule has 10 heteroatoms. The largest absolute Gasteiger partial charge is 0.492 e. The van der Waals surface area contributed by atoms with Crippen molar-refractivity contribution in [1.29, 1.82) is 0 Å². The molecule has 176 valence electrons. The van der Waals surface area contributed by atoms with E-state index in [4.69, 9.17) is 10.5 Å². The lowest BCUT2D eigenvalue weighted by atomic mass is 9.92. The minimum Gasteiger partial charge on any atom is -0.492 e. The van der Waals surface area contributed by atoms with E-state index in [-0.39, 0.29) is 64.8 Å². The molecule has 0 amide bonds. The molecule has 2 aromatic heterocycles. The van der Waals surface area contributed by atoms with Crippen LogP contribution < -0.4 is 10.5 Å². The Hall–Kier alpha value is -4.47. The van der Waals surface area contributed by atoms with Gasteiger partial charge in [-0.05, 0) is 18.2 Å². The van der Waals surface area contributed by atoms with E-state index in [0.717, 1.165) is 0 Å². The number of Topliss-reactive ketones (excluding diaryl/α,β-unsaturated/α-hetero) is 1. The van der Waals surface area contributed by atoms with Gasteiger partial charge in [-0.1, -0.05) is 18.2 Å². The summed E-state index contributed by atoms with van der Waals surface area (Å²) in [6, 6.07) is 3.93. The zero-order valence-electron chi connectivity index (χ0n) is 18.2. The zero-order valence-corrected chi connectivity index (χ0v) is 18.2. The number of nitrogens with one attached hydrogen (secondary N) is 1. The standard InChI is InChI=1S/C25H18F2N4O4/c26-15-8-17-14(24(28)30-29-17)7-11(15)10-31-18-9-16(27)12-5-6-35-23(12)21(18)20(22(31)25(33)34)13-3-1-2-4-19(13)32/h1-3,7-9H,4-6,10H2,(H,33,34)(H3,28,29,30). The highest BCUT2D eigenvalue weighted by Gasteiger charge is 2.33. The topological polar surface area (TPSA) is 123 Å². The maximum absolute atomic E-state index is 15.1. The monoisotopic (exact) mass is 476 g/mol. The number of aromatic amines is 1. The van der Waals surface area contributed by atoms with Crippen molar-refractivity contribution in [2.75, 3.05) is 12.3 Å². The minimum atomic E-state index is -1.34. The molecule has 4 aromatic rings. The van der Waals surface area contributed by atoms with Crippen LogP contribution in [-0.4, -0.2) is 38.2 Å². The van der Waals surface area contributed by atoms with E-state index >= 15 is 8.78 Å². The molecule has 0 bridgehead atoms. The Morgan fingerprint density at radius 3 is 2.86 bits per heavy atom. The van der Waals surface area contributed by atoms with Crippen molar-refractivity contribution in [2.24, 2.45) is 0 Å². The number of nitrogen functional groups attached to an aromatic ring is 1. The van der Waals surface area contributed by atoms with Crippen LogP contribution in [0.4, 0.5) is 14.6 Å².